The van der Waals surface area contributed by atoms with Gasteiger partial charge in [-0.25, -0.2) is 0 Å². The van der Waals surface area contributed by atoms with Gasteiger partial charge in [0.05, 0.1) is 12.1 Å². The molecule has 0 aliphatic rings. The van der Waals surface area contributed by atoms with Gasteiger partial charge >= 0.3 is 0 Å². The zero-order chi connectivity index (χ0) is 17.1. The van der Waals surface area contributed by atoms with Gasteiger partial charge in [-0.2, -0.15) is 0 Å². The van der Waals surface area contributed by atoms with Crippen LogP contribution in [-0.4, -0.2) is 44.1 Å². The number of hydrogen-bond donors (Lipinski definition) is 2. The molecule has 1 aromatic carbocycles. The van der Waals surface area contributed by atoms with E-state index in [1.165, 1.54) is 12.8 Å². The van der Waals surface area contributed by atoms with E-state index in [9.17, 15) is 0 Å². The van der Waals surface area contributed by atoms with E-state index >= 15 is 0 Å². The van der Waals surface area contributed by atoms with Gasteiger partial charge in [-0.05, 0) is 57.1 Å². The number of nitrogens with zero attached hydrogens (tertiary/aromatic N) is 2. The molecule has 0 amide bonds. The summed E-state index contributed by atoms with van der Waals surface area (Å²) in [5, 5.41) is 3.59. The molecule has 0 saturated heterocycles. The van der Waals surface area contributed by atoms with E-state index in [4.69, 9.17) is 22.1 Å². The second-order valence-corrected chi connectivity index (χ2v) is 5.84. The molecule has 0 heterocycles. The first-order valence-electron chi connectivity index (χ1n) is 8.23. The highest BCUT2D eigenvalue weighted by atomic mass is 35.5. The van der Waals surface area contributed by atoms with Crippen molar-refractivity contribution in [1.82, 2.24) is 4.90 Å². The molecular formula is C17H29ClN4O. The Morgan fingerprint density at radius 2 is 1.96 bits per heavy atom. The Hall–Kier alpha value is -1.46. The van der Waals surface area contributed by atoms with Crippen LogP contribution in [0, 0.1) is 0 Å². The first-order valence-corrected chi connectivity index (χ1v) is 8.61. The molecular weight excluding hydrogens is 312 g/mol. The maximum atomic E-state index is 6.08. The smallest absolute Gasteiger partial charge is 0.193 e. The fraction of sp³-hybridized carbons (Fsp3) is 0.588. The number of nitrogens with one attached hydrogen (secondary N) is 1. The maximum absolute atomic E-state index is 6.08. The molecule has 0 aromatic heterocycles. The minimum absolute atomic E-state index is 0.406. The van der Waals surface area contributed by atoms with Crippen molar-refractivity contribution in [2.75, 3.05) is 38.6 Å². The third-order valence-electron chi connectivity index (χ3n) is 3.42. The van der Waals surface area contributed by atoms with Crippen LogP contribution in [0.4, 0.5) is 5.69 Å². The van der Waals surface area contributed by atoms with Crippen LogP contribution in [0.5, 0.6) is 5.75 Å². The molecule has 5 nitrogen and oxygen atoms in total. The second kappa shape index (κ2) is 11.1. The molecule has 23 heavy (non-hydrogen) atoms. The molecule has 1 aromatic rings. The third kappa shape index (κ3) is 7.57. The average molecular weight is 341 g/mol. The van der Waals surface area contributed by atoms with E-state index in [0.29, 0.717) is 23.3 Å². The molecule has 0 fully saturated rings. The molecule has 0 spiro atoms. The minimum atomic E-state index is 0.406. The zero-order valence-corrected chi connectivity index (χ0v) is 15.2. The highest BCUT2D eigenvalue weighted by Gasteiger charge is 2.03. The van der Waals surface area contributed by atoms with Crippen molar-refractivity contribution >= 4 is 23.2 Å². The van der Waals surface area contributed by atoms with Crippen LogP contribution in [0.15, 0.2) is 23.2 Å². The predicted molar refractivity (Wildman–Crippen MR) is 99.8 cm³/mol. The van der Waals surface area contributed by atoms with Gasteiger partial charge in [0, 0.05) is 12.2 Å². The lowest BCUT2D eigenvalue weighted by Crippen LogP contribution is -2.27. The average Bonchev–Trinajstić information content (AvgIpc) is 2.52. The van der Waals surface area contributed by atoms with Gasteiger partial charge in [-0.1, -0.05) is 25.4 Å². The molecule has 0 saturated carbocycles. The van der Waals surface area contributed by atoms with E-state index in [2.05, 4.69) is 29.1 Å². The number of rotatable bonds is 10. The summed E-state index contributed by atoms with van der Waals surface area (Å²) in [5.41, 5.74) is 6.71. The summed E-state index contributed by atoms with van der Waals surface area (Å²) in [6.07, 6.45) is 3.38. The molecule has 6 heteroatoms. The topological polar surface area (TPSA) is 62.9 Å². The van der Waals surface area contributed by atoms with Crippen molar-refractivity contribution in [3.63, 3.8) is 0 Å². The molecule has 3 N–H and O–H groups in total. The highest BCUT2D eigenvalue weighted by Crippen LogP contribution is 2.26. The molecule has 130 valence electrons. The van der Waals surface area contributed by atoms with Gasteiger partial charge in [-0.3, -0.25) is 4.99 Å². The van der Waals surface area contributed by atoms with Crippen LogP contribution in [0.1, 0.15) is 33.1 Å². The summed E-state index contributed by atoms with van der Waals surface area (Å²) in [6, 6.07) is 5.43. The zero-order valence-electron chi connectivity index (χ0n) is 14.4. The number of halogens is 1. The van der Waals surface area contributed by atoms with Crippen LogP contribution in [0.25, 0.3) is 0 Å². The summed E-state index contributed by atoms with van der Waals surface area (Å²) in [5.74, 6) is 1.04. The summed E-state index contributed by atoms with van der Waals surface area (Å²) in [7, 11) is 1.59. The normalized spacial score (nSPS) is 11.8. The highest BCUT2D eigenvalue weighted by molar-refractivity contribution is 6.32. The van der Waals surface area contributed by atoms with Gasteiger partial charge in [0.25, 0.3) is 0 Å². The lowest BCUT2D eigenvalue weighted by Gasteiger charge is -2.20. The fourth-order valence-corrected chi connectivity index (χ4v) is 2.65. The third-order valence-corrected chi connectivity index (χ3v) is 3.71. The Labute approximate surface area is 144 Å². The van der Waals surface area contributed by atoms with Crippen molar-refractivity contribution in [3.8, 4) is 5.75 Å². The molecule has 0 aliphatic carbocycles. The number of nitrogens with two attached hydrogens (primary N) is 1. The number of benzene rings is 1. The van der Waals surface area contributed by atoms with Gasteiger partial charge in [0.2, 0.25) is 0 Å². The van der Waals surface area contributed by atoms with Crippen molar-refractivity contribution in [2.45, 2.75) is 33.1 Å². The van der Waals surface area contributed by atoms with Crippen LogP contribution in [-0.2, 0) is 0 Å². The van der Waals surface area contributed by atoms with Gasteiger partial charge in [-0.15, -0.1) is 0 Å². The Kier molecular flexibility index (Phi) is 9.48. The number of anilines is 1. The van der Waals surface area contributed by atoms with E-state index in [1.54, 1.807) is 19.2 Å². The Morgan fingerprint density at radius 1 is 1.26 bits per heavy atom. The van der Waals surface area contributed by atoms with Crippen LogP contribution < -0.4 is 15.8 Å². The quantitative estimate of drug-likeness (QED) is 0.388. The van der Waals surface area contributed by atoms with Gasteiger partial charge < -0.3 is 20.7 Å². The van der Waals surface area contributed by atoms with Crippen molar-refractivity contribution in [2.24, 2.45) is 10.7 Å². The van der Waals surface area contributed by atoms with Crippen LogP contribution in [0.3, 0.4) is 0 Å². The van der Waals surface area contributed by atoms with Crippen LogP contribution >= 0.6 is 11.6 Å². The first kappa shape index (κ1) is 19.6. The second-order valence-electron chi connectivity index (χ2n) is 5.44. The lowest BCUT2D eigenvalue weighted by atomic mass is 10.3. The Morgan fingerprint density at radius 3 is 2.52 bits per heavy atom. The molecule has 0 atom stereocenters. The van der Waals surface area contributed by atoms with E-state index in [-0.39, 0.29) is 0 Å². The first-order chi connectivity index (χ1) is 11.1. The summed E-state index contributed by atoms with van der Waals surface area (Å²) < 4.78 is 5.12. The molecule has 0 bridgehead atoms. The van der Waals surface area contributed by atoms with E-state index in [0.717, 1.165) is 31.7 Å². The lowest BCUT2D eigenvalue weighted by molar-refractivity contribution is 0.273. The van der Waals surface area contributed by atoms with Crippen molar-refractivity contribution in [3.05, 3.63) is 23.2 Å². The molecule has 0 aliphatic heterocycles. The molecule has 0 unspecified atom stereocenters. The molecule has 0 radical (unpaired) electrons. The van der Waals surface area contributed by atoms with Crippen molar-refractivity contribution in [1.29, 1.82) is 0 Å². The Balaban J connectivity index is 2.40. The summed E-state index contributed by atoms with van der Waals surface area (Å²) in [4.78, 5) is 6.84. The summed E-state index contributed by atoms with van der Waals surface area (Å²) in [6.45, 7) is 8.50. The summed E-state index contributed by atoms with van der Waals surface area (Å²) >= 11 is 6.08. The number of ether oxygens (including phenoxy) is 1. The number of hydrogen-bond acceptors (Lipinski definition) is 3. The SMILES string of the molecule is CCCN(CCC)CCCN=C(N)Nc1ccc(OC)c(Cl)c1. The van der Waals surface area contributed by atoms with E-state index < -0.39 is 0 Å². The number of methoxy groups -OCH3 is 1. The van der Waals surface area contributed by atoms with Crippen molar-refractivity contribution < 1.29 is 4.74 Å². The fourth-order valence-electron chi connectivity index (χ4n) is 2.39. The predicted octanol–water partition coefficient (Wildman–Crippen LogP) is 3.59. The van der Waals surface area contributed by atoms with Crippen LogP contribution in [0.2, 0.25) is 5.02 Å². The Bertz CT molecular complexity index is 487. The maximum Gasteiger partial charge on any atom is 0.193 e. The standard InChI is InChI=1S/C17H29ClN4O/c1-4-10-22(11-5-2)12-6-9-20-17(19)21-14-7-8-16(23-3)15(18)13-14/h7-8,13H,4-6,9-12H2,1-3H3,(H3,19,20,21). The number of guanidine groups is 1. The molecule has 1 rings (SSSR count). The van der Waals surface area contributed by atoms with Gasteiger partial charge in [0.1, 0.15) is 5.75 Å². The van der Waals surface area contributed by atoms with E-state index in [1.807, 2.05) is 6.07 Å². The van der Waals surface area contributed by atoms with Gasteiger partial charge in [0.15, 0.2) is 5.96 Å². The largest absolute Gasteiger partial charge is 0.495 e. The number of aliphatic imine (C=N–C) groups is 1. The minimum Gasteiger partial charge on any atom is -0.495 e. The monoisotopic (exact) mass is 340 g/mol.